The monoisotopic (exact) mass is 708 g/mol. The molecule has 20 heteroatoms. The Hall–Kier alpha value is -2.97. The number of rotatable bonds is 21. The third kappa shape index (κ3) is 12.9. The molecule has 0 spiro atoms. The van der Waals surface area contributed by atoms with Crippen LogP contribution in [0.15, 0.2) is 36.7 Å². The van der Waals surface area contributed by atoms with Crippen LogP contribution in [0.1, 0.15) is 51.0 Å². The van der Waals surface area contributed by atoms with E-state index in [9.17, 15) is 57.1 Å². The van der Waals surface area contributed by atoms with Crippen molar-refractivity contribution in [2.24, 2.45) is 0 Å². The molecule has 1 heterocycles. The Bertz CT molecular complexity index is 1240. The molecule has 1 aromatic carbocycles. The van der Waals surface area contributed by atoms with Gasteiger partial charge in [-0.2, -0.15) is 43.9 Å². The fourth-order valence-electron chi connectivity index (χ4n) is 3.72. The molecule has 7 nitrogen and oxygen atoms in total. The number of halogens is 13. The molecule has 0 radical (unpaired) electrons. The molecule has 0 saturated heterocycles. The second kappa shape index (κ2) is 16.4. The van der Waals surface area contributed by atoms with E-state index in [0.29, 0.717) is 23.6 Å². The summed E-state index contributed by atoms with van der Waals surface area (Å²) < 4.78 is 185. The van der Waals surface area contributed by atoms with E-state index in [-0.39, 0.29) is 13.0 Å². The molecule has 0 aliphatic carbocycles. The van der Waals surface area contributed by atoms with Gasteiger partial charge < -0.3 is 9.47 Å². The topological polar surface area (TPSA) is 71.9 Å². The van der Waals surface area contributed by atoms with Crippen LogP contribution in [0.2, 0.25) is 0 Å². The van der Waals surface area contributed by atoms with Crippen LogP contribution in [0.25, 0.3) is 11.4 Å². The van der Waals surface area contributed by atoms with E-state index < -0.39 is 50.1 Å². The normalized spacial score (nSPS) is 13.7. The molecule has 0 atom stereocenters. The van der Waals surface area contributed by atoms with Gasteiger partial charge in [-0.1, -0.05) is 32.6 Å². The fourth-order valence-corrected chi connectivity index (χ4v) is 3.72. The van der Waals surface area contributed by atoms with Gasteiger partial charge in [-0.3, -0.25) is 0 Å². The molecule has 2 rings (SSSR count). The van der Waals surface area contributed by atoms with Crippen LogP contribution < -0.4 is 4.74 Å². The molecular formula is C27H29F13N2O5. The van der Waals surface area contributed by atoms with E-state index in [1.54, 1.807) is 35.3 Å². The van der Waals surface area contributed by atoms with Crippen molar-refractivity contribution >= 4 is 0 Å². The van der Waals surface area contributed by atoms with Crippen LogP contribution in [-0.4, -0.2) is 66.7 Å². The lowest BCUT2D eigenvalue weighted by atomic mass is 10.0. The zero-order valence-electron chi connectivity index (χ0n) is 24.4. The second-order valence-corrected chi connectivity index (χ2v) is 9.77. The van der Waals surface area contributed by atoms with Crippen LogP contribution in [-0.2, 0) is 25.4 Å². The summed E-state index contributed by atoms with van der Waals surface area (Å²) in [5.74, 6) is 0.888. The van der Waals surface area contributed by atoms with Gasteiger partial charge in [-0.15, -0.1) is 13.2 Å². The number of aromatic nitrogens is 2. The van der Waals surface area contributed by atoms with Crippen molar-refractivity contribution in [2.75, 3.05) is 19.8 Å². The maximum atomic E-state index is 13.8. The number of aryl methyl sites for hydroxylation is 1. The van der Waals surface area contributed by atoms with Gasteiger partial charge in [0, 0.05) is 24.4 Å². The maximum absolute atomic E-state index is 13.8. The first kappa shape index (κ1) is 40.2. The number of ether oxygens (including phenoxy) is 5. The van der Waals surface area contributed by atoms with Crippen molar-refractivity contribution in [1.29, 1.82) is 0 Å². The van der Waals surface area contributed by atoms with Crippen LogP contribution in [0.3, 0.4) is 0 Å². The van der Waals surface area contributed by atoms with Gasteiger partial charge in [0.25, 0.3) is 0 Å². The first-order chi connectivity index (χ1) is 21.6. The van der Waals surface area contributed by atoms with Gasteiger partial charge >= 0.3 is 36.9 Å². The van der Waals surface area contributed by atoms with Gasteiger partial charge in [0.1, 0.15) is 12.4 Å². The van der Waals surface area contributed by atoms with Crippen molar-refractivity contribution in [1.82, 2.24) is 9.97 Å². The highest BCUT2D eigenvalue weighted by Gasteiger charge is 2.74. The van der Waals surface area contributed by atoms with Gasteiger partial charge in [0.05, 0.1) is 13.2 Å². The number of unbranched alkanes of at least 4 members (excludes halogenated alkanes) is 4. The largest absolute Gasteiger partial charge is 0.527 e. The standard InChI is InChI=1S/C27H29F13N2O5/c1-2-3-4-5-6-9-18-16-19(21-41-12-7-13-42-21)10-11-20(18)44-15-8-14-43-17-22(28,29)45-23(30,31)24(32,33)46-25(34,35)26(36,37)47-27(38,39)40/h7,10-13,16H,2-6,8-9,14-15,17H2,1H3. The van der Waals surface area contributed by atoms with Crippen molar-refractivity contribution in [3.63, 3.8) is 0 Å². The lowest BCUT2D eigenvalue weighted by molar-refractivity contribution is -0.564. The Morgan fingerprint density at radius 1 is 0.638 bits per heavy atom. The van der Waals surface area contributed by atoms with Gasteiger partial charge in [0.2, 0.25) is 0 Å². The van der Waals surface area contributed by atoms with E-state index in [2.05, 4.69) is 26.4 Å². The molecule has 0 saturated carbocycles. The molecular weight excluding hydrogens is 679 g/mol. The fraction of sp³-hybridized carbons (Fsp3) is 0.630. The Kier molecular flexibility index (Phi) is 14.1. The molecule has 0 bridgehead atoms. The SMILES string of the molecule is CCCCCCCc1cc(-c2ncccn2)ccc1OCCCOCC(F)(F)OC(F)(F)C(F)(F)OC(F)(F)C(F)(F)OC(F)(F)F. The van der Waals surface area contributed by atoms with Crippen LogP contribution in [0.5, 0.6) is 5.75 Å². The first-order valence-corrected chi connectivity index (χ1v) is 13.8. The Morgan fingerprint density at radius 2 is 1.21 bits per heavy atom. The summed E-state index contributed by atoms with van der Waals surface area (Å²) in [5.41, 5.74) is 1.48. The molecule has 1 aromatic heterocycles. The number of benzene rings is 1. The van der Waals surface area contributed by atoms with Gasteiger partial charge in [-0.05, 0) is 42.7 Å². The maximum Gasteiger partial charge on any atom is 0.527 e. The van der Waals surface area contributed by atoms with E-state index in [1.165, 1.54) is 0 Å². The van der Waals surface area contributed by atoms with Crippen molar-refractivity contribution in [2.45, 2.75) is 88.8 Å². The highest BCUT2D eigenvalue weighted by atomic mass is 19.4. The van der Waals surface area contributed by atoms with Crippen LogP contribution in [0, 0.1) is 0 Å². The smallest absolute Gasteiger partial charge is 0.493 e. The molecule has 268 valence electrons. The summed E-state index contributed by atoms with van der Waals surface area (Å²) >= 11 is 0. The van der Waals surface area contributed by atoms with Crippen LogP contribution in [0.4, 0.5) is 57.1 Å². The third-order valence-electron chi connectivity index (χ3n) is 5.85. The molecule has 2 aromatic rings. The minimum absolute atomic E-state index is 0.161. The number of hydrogen-bond donors (Lipinski definition) is 0. The average molecular weight is 709 g/mol. The Morgan fingerprint density at radius 3 is 1.81 bits per heavy atom. The molecule has 47 heavy (non-hydrogen) atoms. The number of hydrogen-bond acceptors (Lipinski definition) is 7. The van der Waals surface area contributed by atoms with E-state index in [4.69, 9.17) is 4.74 Å². The molecule has 0 amide bonds. The summed E-state index contributed by atoms with van der Waals surface area (Å²) in [7, 11) is 0. The van der Waals surface area contributed by atoms with E-state index >= 15 is 0 Å². The highest BCUT2D eigenvalue weighted by Crippen LogP contribution is 2.48. The minimum Gasteiger partial charge on any atom is -0.493 e. The zero-order chi connectivity index (χ0) is 35.6. The van der Waals surface area contributed by atoms with E-state index in [1.807, 2.05) is 10.8 Å². The Balaban J connectivity index is 1.92. The summed E-state index contributed by atoms with van der Waals surface area (Å²) in [6.45, 7) is -0.922. The summed E-state index contributed by atoms with van der Waals surface area (Å²) in [6, 6.07) is 6.77. The lowest BCUT2D eigenvalue weighted by Gasteiger charge is -2.33. The van der Waals surface area contributed by atoms with Gasteiger partial charge in [0.15, 0.2) is 5.82 Å². The first-order valence-electron chi connectivity index (χ1n) is 13.8. The lowest BCUT2D eigenvalue weighted by Crippen LogP contribution is -2.57. The number of alkyl halides is 13. The second-order valence-electron chi connectivity index (χ2n) is 9.77. The molecule has 0 fully saturated rings. The van der Waals surface area contributed by atoms with Gasteiger partial charge in [-0.25, -0.2) is 24.2 Å². The molecule has 0 aliphatic heterocycles. The highest BCUT2D eigenvalue weighted by molar-refractivity contribution is 5.58. The predicted octanol–water partition coefficient (Wildman–Crippen LogP) is 8.98. The summed E-state index contributed by atoms with van der Waals surface area (Å²) in [4.78, 5) is 8.37. The molecule has 0 aliphatic rings. The quantitative estimate of drug-likeness (QED) is 0.0948. The molecule has 0 N–H and O–H groups in total. The third-order valence-corrected chi connectivity index (χ3v) is 5.85. The van der Waals surface area contributed by atoms with Crippen molar-refractivity contribution in [3.05, 3.63) is 42.2 Å². The number of nitrogens with zero attached hydrogens (tertiary/aromatic N) is 2. The van der Waals surface area contributed by atoms with Crippen molar-refractivity contribution in [3.8, 4) is 17.1 Å². The molecule has 0 unspecified atom stereocenters. The minimum atomic E-state index is -7.10. The Labute approximate surface area is 259 Å². The summed E-state index contributed by atoms with van der Waals surface area (Å²) in [5, 5.41) is 0. The summed E-state index contributed by atoms with van der Waals surface area (Å²) in [6.07, 6.45) is -31.4. The average Bonchev–Trinajstić information content (AvgIpc) is 2.93. The van der Waals surface area contributed by atoms with Crippen molar-refractivity contribution < 1.29 is 80.8 Å². The van der Waals surface area contributed by atoms with E-state index in [0.717, 1.165) is 37.7 Å². The zero-order valence-corrected chi connectivity index (χ0v) is 24.4. The van der Waals surface area contributed by atoms with Crippen LogP contribution >= 0.6 is 0 Å². The predicted molar refractivity (Wildman–Crippen MR) is 135 cm³/mol.